The SMILES string of the molecule is O=C(Nc1ccccc1C(=O)N1CCCC[C@H]1C(=O)O)OCC1c2ccccc2-c2ccccc21. The number of likely N-dealkylation sites (tertiary alicyclic amines) is 1. The van der Waals surface area contributed by atoms with Gasteiger partial charge in [0.05, 0.1) is 11.3 Å². The van der Waals surface area contributed by atoms with Crippen molar-refractivity contribution in [1.29, 1.82) is 0 Å². The molecule has 0 aromatic heterocycles. The van der Waals surface area contributed by atoms with Gasteiger partial charge in [-0.25, -0.2) is 9.59 Å². The highest BCUT2D eigenvalue weighted by atomic mass is 16.5. The van der Waals surface area contributed by atoms with Gasteiger partial charge in [0.25, 0.3) is 5.91 Å². The molecule has 1 atom stereocenters. The van der Waals surface area contributed by atoms with Crippen molar-refractivity contribution >= 4 is 23.7 Å². The summed E-state index contributed by atoms with van der Waals surface area (Å²) >= 11 is 0. The van der Waals surface area contributed by atoms with Crippen molar-refractivity contribution in [2.75, 3.05) is 18.5 Å². The van der Waals surface area contributed by atoms with E-state index in [1.54, 1.807) is 24.3 Å². The highest BCUT2D eigenvalue weighted by Gasteiger charge is 2.34. The summed E-state index contributed by atoms with van der Waals surface area (Å²) in [5.41, 5.74) is 5.05. The van der Waals surface area contributed by atoms with E-state index in [4.69, 9.17) is 4.74 Å². The van der Waals surface area contributed by atoms with Crippen LogP contribution in [0.3, 0.4) is 0 Å². The number of hydrogen-bond acceptors (Lipinski definition) is 4. The second kappa shape index (κ2) is 9.62. The molecule has 3 aromatic rings. The molecule has 5 rings (SSSR count). The van der Waals surface area contributed by atoms with E-state index in [2.05, 4.69) is 17.4 Å². The number of ether oxygens (including phenoxy) is 1. The minimum Gasteiger partial charge on any atom is -0.480 e. The highest BCUT2D eigenvalue weighted by Crippen LogP contribution is 2.44. The van der Waals surface area contributed by atoms with Crippen LogP contribution in [0.4, 0.5) is 10.5 Å². The molecule has 2 N–H and O–H groups in total. The Balaban J connectivity index is 1.30. The zero-order valence-electron chi connectivity index (χ0n) is 19.1. The number of carboxylic acid groups (broad SMARTS) is 1. The summed E-state index contributed by atoms with van der Waals surface area (Å²) in [6.07, 6.45) is 1.27. The molecule has 0 radical (unpaired) electrons. The molecular weight excluding hydrogens is 444 g/mol. The van der Waals surface area contributed by atoms with E-state index in [0.29, 0.717) is 18.7 Å². The number of nitrogens with zero attached hydrogens (tertiary/aromatic N) is 1. The number of carbonyl (C=O) groups is 3. The van der Waals surface area contributed by atoms with Crippen LogP contribution < -0.4 is 5.32 Å². The number of anilines is 1. The van der Waals surface area contributed by atoms with Crippen LogP contribution in [0.25, 0.3) is 11.1 Å². The number of rotatable bonds is 5. The average molecular weight is 471 g/mol. The summed E-state index contributed by atoms with van der Waals surface area (Å²) in [7, 11) is 0. The van der Waals surface area contributed by atoms with Gasteiger partial charge in [0.15, 0.2) is 0 Å². The van der Waals surface area contributed by atoms with Gasteiger partial charge in [-0.05, 0) is 53.6 Å². The van der Waals surface area contributed by atoms with Crippen molar-refractivity contribution in [2.24, 2.45) is 0 Å². The molecule has 0 unspecified atom stereocenters. The molecule has 1 aliphatic carbocycles. The van der Waals surface area contributed by atoms with Crippen molar-refractivity contribution in [1.82, 2.24) is 4.90 Å². The lowest BCUT2D eigenvalue weighted by atomic mass is 9.98. The van der Waals surface area contributed by atoms with Crippen LogP contribution in [0.15, 0.2) is 72.8 Å². The molecule has 178 valence electrons. The van der Waals surface area contributed by atoms with Gasteiger partial charge >= 0.3 is 12.1 Å². The highest BCUT2D eigenvalue weighted by molar-refractivity contribution is 6.04. The molecule has 35 heavy (non-hydrogen) atoms. The van der Waals surface area contributed by atoms with Crippen molar-refractivity contribution in [3.05, 3.63) is 89.5 Å². The third kappa shape index (κ3) is 4.37. The number of carboxylic acids is 1. The summed E-state index contributed by atoms with van der Waals surface area (Å²) in [4.78, 5) is 39.0. The number of para-hydroxylation sites is 1. The topological polar surface area (TPSA) is 95.9 Å². The molecule has 0 spiro atoms. The van der Waals surface area contributed by atoms with Crippen LogP contribution in [0, 0.1) is 0 Å². The van der Waals surface area contributed by atoms with Gasteiger partial charge in [0, 0.05) is 12.5 Å². The number of hydrogen-bond donors (Lipinski definition) is 2. The summed E-state index contributed by atoms with van der Waals surface area (Å²) in [5.74, 6) is -1.50. The molecule has 2 aliphatic rings. The standard InChI is InChI=1S/C28H26N2O5/c31-26(30-16-8-7-15-25(30)27(32)33)22-13-5-6-14-24(22)29-28(34)35-17-23-20-11-3-1-9-18(20)19-10-2-4-12-21(19)23/h1-6,9-14,23,25H,7-8,15-17H2,(H,29,34)(H,32,33)/t25-/m0/s1. The number of nitrogens with one attached hydrogen (secondary N) is 1. The summed E-state index contributed by atoms with van der Waals surface area (Å²) in [6.45, 7) is 0.526. The van der Waals surface area contributed by atoms with E-state index >= 15 is 0 Å². The van der Waals surface area contributed by atoms with E-state index in [9.17, 15) is 19.5 Å². The van der Waals surface area contributed by atoms with Crippen LogP contribution in [0.5, 0.6) is 0 Å². The first-order chi connectivity index (χ1) is 17.0. The molecule has 1 heterocycles. The first-order valence-corrected chi connectivity index (χ1v) is 11.8. The molecule has 1 aliphatic heterocycles. The second-order valence-electron chi connectivity index (χ2n) is 8.84. The molecule has 0 bridgehead atoms. The van der Waals surface area contributed by atoms with Gasteiger partial charge in [-0.15, -0.1) is 0 Å². The van der Waals surface area contributed by atoms with Gasteiger partial charge < -0.3 is 14.7 Å². The van der Waals surface area contributed by atoms with Gasteiger partial charge in [-0.2, -0.15) is 0 Å². The molecule has 7 nitrogen and oxygen atoms in total. The second-order valence-corrected chi connectivity index (χ2v) is 8.84. The predicted octanol–water partition coefficient (Wildman–Crippen LogP) is 5.13. The maximum atomic E-state index is 13.2. The minimum absolute atomic E-state index is 0.0744. The zero-order valence-corrected chi connectivity index (χ0v) is 19.1. The number of carbonyl (C=O) groups excluding carboxylic acids is 2. The third-order valence-electron chi connectivity index (χ3n) is 6.79. The Bertz CT molecular complexity index is 1240. The number of benzene rings is 3. The van der Waals surface area contributed by atoms with Crippen LogP contribution in [-0.2, 0) is 9.53 Å². The van der Waals surface area contributed by atoms with Crippen molar-refractivity contribution in [2.45, 2.75) is 31.2 Å². The fourth-order valence-corrected chi connectivity index (χ4v) is 5.11. The largest absolute Gasteiger partial charge is 0.480 e. The molecule has 1 fully saturated rings. The lowest BCUT2D eigenvalue weighted by Crippen LogP contribution is -2.48. The average Bonchev–Trinajstić information content (AvgIpc) is 3.21. The van der Waals surface area contributed by atoms with Gasteiger partial charge in [-0.1, -0.05) is 60.7 Å². The first kappa shape index (κ1) is 22.7. The summed E-state index contributed by atoms with van der Waals surface area (Å²) in [6, 6.07) is 21.9. The Morgan fingerprint density at radius 1 is 0.886 bits per heavy atom. The van der Waals surface area contributed by atoms with Crippen LogP contribution in [0.1, 0.15) is 46.7 Å². The summed E-state index contributed by atoms with van der Waals surface area (Å²) in [5, 5.41) is 12.2. The number of amides is 2. The Morgan fingerprint density at radius 3 is 2.20 bits per heavy atom. The Kier molecular flexibility index (Phi) is 6.23. The maximum absolute atomic E-state index is 13.2. The molecule has 3 aromatic carbocycles. The number of aliphatic carboxylic acids is 1. The Hall–Kier alpha value is -4.13. The number of fused-ring (bicyclic) bond motifs is 3. The van der Waals surface area contributed by atoms with Crippen molar-refractivity contribution in [3.8, 4) is 11.1 Å². The molecule has 7 heteroatoms. The quantitative estimate of drug-likeness (QED) is 0.539. The molecule has 1 saturated heterocycles. The monoisotopic (exact) mass is 470 g/mol. The minimum atomic E-state index is -1.01. The molecule has 2 amide bonds. The first-order valence-electron chi connectivity index (χ1n) is 11.8. The van der Waals surface area contributed by atoms with Crippen LogP contribution >= 0.6 is 0 Å². The van der Waals surface area contributed by atoms with E-state index in [0.717, 1.165) is 35.1 Å². The normalized spacial score (nSPS) is 16.8. The lowest BCUT2D eigenvalue weighted by Gasteiger charge is -2.33. The molecular formula is C28H26N2O5. The van der Waals surface area contributed by atoms with Crippen LogP contribution in [0.2, 0.25) is 0 Å². The third-order valence-corrected chi connectivity index (χ3v) is 6.79. The zero-order chi connectivity index (χ0) is 24.4. The van der Waals surface area contributed by atoms with E-state index in [-0.39, 0.29) is 18.1 Å². The van der Waals surface area contributed by atoms with E-state index in [1.165, 1.54) is 4.90 Å². The smallest absolute Gasteiger partial charge is 0.411 e. The van der Waals surface area contributed by atoms with Gasteiger partial charge in [-0.3, -0.25) is 10.1 Å². The van der Waals surface area contributed by atoms with E-state index < -0.39 is 24.0 Å². The fourth-order valence-electron chi connectivity index (χ4n) is 5.11. The van der Waals surface area contributed by atoms with Gasteiger partial charge in [0.1, 0.15) is 12.6 Å². The Labute approximate surface area is 203 Å². The fraction of sp³-hybridized carbons (Fsp3) is 0.250. The van der Waals surface area contributed by atoms with Crippen molar-refractivity contribution in [3.63, 3.8) is 0 Å². The maximum Gasteiger partial charge on any atom is 0.411 e. The Morgan fingerprint density at radius 2 is 1.51 bits per heavy atom. The molecule has 0 saturated carbocycles. The van der Waals surface area contributed by atoms with Crippen LogP contribution in [-0.4, -0.2) is 47.2 Å². The summed E-state index contributed by atoms with van der Waals surface area (Å²) < 4.78 is 5.61. The van der Waals surface area contributed by atoms with Crippen molar-refractivity contribution < 1.29 is 24.2 Å². The number of piperidine rings is 1. The van der Waals surface area contributed by atoms with E-state index in [1.807, 2.05) is 36.4 Å². The predicted molar refractivity (Wildman–Crippen MR) is 131 cm³/mol. The van der Waals surface area contributed by atoms with Gasteiger partial charge in [0.2, 0.25) is 0 Å². The lowest BCUT2D eigenvalue weighted by molar-refractivity contribution is -0.143.